The smallest absolute Gasteiger partial charge is 0.320 e. The van der Waals surface area contributed by atoms with E-state index in [0.717, 1.165) is 0 Å². The normalized spacial score (nSPS) is 11.2. The molecule has 0 aliphatic carbocycles. The fraction of sp³-hybridized carbons (Fsp3) is 0.800. The molecule has 0 amide bonds. The zero-order chi connectivity index (χ0) is 14.6. The van der Waals surface area contributed by atoms with E-state index in [1.807, 2.05) is 0 Å². The van der Waals surface area contributed by atoms with Crippen molar-refractivity contribution in [1.29, 1.82) is 0 Å². The van der Waals surface area contributed by atoms with E-state index in [4.69, 9.17) is 33.1 Å². The lowest BCUT2D eigenvalue weighted by molar-refractivity contribution is -0.139. The van der Waals surface area contributed by atoms with Gasteiger partial charge in [-0.25, -0.2) is 0 Å². The number of halogens is 3. The van der Waals surface area contributed by atoms with Gasteiger partial charge in [-0.2, -0.15) is 0 Å². The lowest BCUT2D eigenvalue weighted by Crippen LogP contribution is -2.30. The van der Waals surface area contributed by atoms with Crippen LogP contribution in [0.1, 0.15) is 25.7 Å². The maximum absolute atomic E-state index is 10.0. The van der Waals surface area contributed by atoms with Gasteiger partial charge in [0.05, 0.1) is 0 Å². The summed E-state index contributed by atoms with van der Waals surface area (Å²) >= 11 is 0. The van der Waals surface area contributed by atoms with Crippen LogP contribution in [0.15, 0.2) is 0 Å². The highest BCUT2D eigenvalue weighted by atomic mass is 35.5. The average molecular weight is 374 g/mol. The zero-order valence-electron chi connectivity index (χ0n) is 11.6. The molecule has 2 atom stereocenters. The zero-order valence-corrected chi connectivity index (χ0v) is 14.1. The molecule has 132 valence electrons. The summed E-state index contributed by atoms with van der Waals surface area (Å²) in [4.78, 5) is 20.1. The van der Waals surface area contributed by atoms with Crippen LogP contribution in [-0.2, 0) is 9.59 Å². The van der Waals surface area contributed by atoms with Gasteiger partial charge in [-0.15, -0.1) is 37.2 Å². The van der Waals surface area contributed by atoms with Crippen LogP contribution in [0.2, 0.25) is 0 Å². The van der Waals surface area contributed by atoms with E-state index < -0.39 is 24.0 Å². The van der Waals surface area contributed by atoms with E-state index in [2.05, 4.69) is 0 Å². The van der Waals surface area contributed by atoms with Gasteiger partial charge in [0.25, 0.3) is 0 Å². The molecular formula is C10H27Cl3N4O4. The van der Waals surface area contributed by atoms with Gasteiger partial charge in [-0.1, -0.05) is 0 Å². The number of carboxylic acid groups (broad SMARTS) is 2. The van der Waals surface area contributed by atoms with E-state index >= 15 is 0 Å². The largest absolute Gasteiger partial charge is 0.480 e. The molecule has 0 aromatic heterocycles. The minimum atomic E-state index is -0.955. The highest BCUT2D eigenvalue weighted by Crippen LogP contribution is 1.91. The van der Waals surface area contributed by atoms with Crippen LogP contribution < -0.4 is 22.9 Å². The summed E-state index contributed by atoms with van der Waals surface area (Å²) in [5.41, 5.74) is 20.6. The van der Waals surface area contributed by atoms with Gasteiger partial charge >= 0.3 is 11.9 Å². The summed E-state index contributed by atoms with van der Waals surface area (Å²) in [7, 11) is 0. The van der Waals surface area contributed by atoms with E-state index in [9.17, 15) is 9.59 Å². The molecule has 0 rings (SSSR count). The number of carbonyl (C=O) groups is 2. The van der Waals surface area contributed by atoms with Crippen LogP contribution >= 0.6 is 37.2 Å². The van der Waals surface area contributed by atoms with Crippen molar-refractivity contribution in [2.45, 2.75) is 37.8 Å². The predicted octanol–water partition coefficient (Wildman–Crippen LogP) is -0.460. The molecule has 2 unspecified atom stereocenters. The average Bonchev–Trinajstić information content (AvgIpc) is 2.33. The van der Waals surface area contributed by atoms with Gasteiger partial charge in [0.1, 0.15) is 12.1 Å². The lowest BCUT2D eigenvalue weighted by Gasteiger charge is -2.02. The topological polar surface area (TPSA) is 179 Å². The Bertz CT molecular complexity index is 226. The number of hydrogen-bond acceptors (Lipinski definition) is 6. The molecule has 0 aromatic carbocycles. The SMILES string of the molecule is Cl.Cl.Cl.NCCCC(N)C(=O)O.NCCCC(N)C(=O)O. The summed E-state index contributed by atoms with van der Waals surface area (Å²) in [6.45, 7) is 1.00. The summed E-state index contributed by atoms with van der Waals surface area (Å²) < 4.78 is 0. The third-order valence-electron chi connectivity index (χ3n) is 2.07. The second-order valence-electron chi connectivity index (χ2n) is 3.75. The first-order chi connectivity index (χ1) is 8.36. The first kappa shape index (κ1) is 32.6. The van der Waals surface area contributed by atoms with Gasteiger partial charge < -0.3 is 33.1 Å². The molecule has 0 saturated carbocycles. The number of aliphatic carboxylic acids is 2. The Morgan fingerprint density at radius 1 is 0.762 bits per heavy atom. The molecule has 11 heteroatoms. The Morgan fingerprint density at radius 3 is 1.14 bits per heavy atom. The van der Waals surface area contributed by atoms with E-state index in [1.165, 1.54) is 0 Å². The van der Waals surface area contributed by atoms with Gasteiger partial charge in [0, 0.05) is 0 Å². The van der Waals surface area contributed by atoms with Crippen LogP contribution in [-0.4, -0.2) is 47.3 Å². The Labute approximate surface area is 143 Å². The molecule has 0 radical (unpaired) electrons. The van der Waals surface area contributed by atoms with Crippen molar-refractivity contribution in [1.82, 2.24) is 0 Å². The second kappa shape index (κ2) is 21.9. The summed E-state index contributed by atoms with van der Waals surface area (Å²) in [6, 6.07) is -1.48. The van der Waals surface area contributed by atoms with Crippen molar-refractivity contribution in [3.8, 4) is 0 Å². The molecule has 0 spiro atoms. The predicted molar refractivity (Wildman–Crippen MR) is 89.5 cm³/mol. The number of hydrogen-bond donors (Lipinski definition) is 6. The Hall–Kier alpha value is -0.350. The van der Waals surface area contributed by atoms with E-state index in [-0.39, 0.29) is 37.2 Å². The Balaban J connectivity index is -0.0000000711. The number of rotatable bonds is 8. The molecule has 0 bridgehead atoms. The maximum Gasteiger partial charge on any atom is 0.320 e. The summed E-state index contributed by atoms with van der Waals surface area (Å²) in [6.07, 6.45) is 2.28. The fourth-order valence-corrected chi connectivity index (χ4v) is 0.922. The van der Waals surface area contributed by atoms with E-state index in [1.54, 1.807) is 0 Å². The van der Waals surface area contributed by atoms with Gasteiger partial charge in [0.15, 0.2) is 0 Å². The molecule has 0 heterocycles. The minimum absolute atomic E-state index is 0. The van der Waals surface area contributed by atoms with Crippen LogP contribution in [0.25, 0.3) is 0 Å². The van der Waals surface area contributed by atoms with Gasteiger partial charge in [-0.3, -0.25) is 9.59 Å². The highest BCUT2D eigenvalue weighted by molar-refractivity contribution is 5.86. The van der Waals surface area contributed by atoms with Crippen molar-refractivity contribution in [3.05, 3.63) is 0 Å². The van der Waals surface area contributed by atoms with Gasteiger partial charge in [0.2, 0.25) is 0 Å². The van der Waals surface area contributed by atoms with Crippen molar-refractivity contribution in [2.75, 3.05) is 13.1 Å². The Kier molecular flexibility index (Phi) is 34.0. The van der Waals surface area contributed by atoms with Crippen molar-refractivity contribution < 1.29 is 19.8 Å². The van der Waals surface area contributed by atoms with Gasteiger partial charge in [-0.05, 0) is 38.8 Å². The molecule has 0 fully saturated rings. The van der Waals surface area contributed by atoms with Crippen LogP contribution in [0.5, 0.6) is 0 Å². The van der Waals surface area contributed by atoms with Crippen molar-refractivity contribution >= 4 is 49.2 Å². The number of nitrogens with two attached hydrogens (primary N) is 4. The quantitative estimate of drug-likeness (QED) is 0.330. The standard InChI is InChI=1S/2C5H12N2O2.3ClH/c2*6-3-1-2-4(7)5(8)9;;;/h2*4H,1-3,6-7H2,(H,8,9);3*1H. The summed E-state index contributed by atoms with van der Waals surface area (Å²) in [5.74, 6) is -1.91. The molecule has 0 aliphatic heterocycles. The fourth-order valence-electron chi connectivity index (χ4n) is 0.922. The highest BCUT2D eigenvalue weighted by Gasteiger charge is 2.09. The second-order valence-corrected chi connectivity index (χ2v) is 3.75. The third kappa shape index (κ3) is 25.0. The van der Waals surface area contributed by atoms with Crippen LogP contribution in [0.4, 0.5) is 0 Å². The molecule has 10 N–H and O–H groups in total. The lowest BCUT2D eigenvalue weighted by atomic mass is 10.2. The van der Waals surface area contributed by atoms with Crippen molar-refractivity contribution in [3.63, 3.8) is 0 Å². The molecule has 0 aromatic rings. The molecule has 0 aliphatic rings. The summed E-state index contributed by atoms with van der Waals surface area (Å²) in [5, 5.41) is 16.5. The van der Waals surface area contributed by atoms with Crippen LogP contribution in [0.3, 0.4) is 0 Å². The molecule has 8 nitrogen and oxygen atoms in total. The monoisotopic (exact) mass is 372 g/mol. The minimum Gasteiger partial charge on any atom is -0.480 e. The maximum atomic E-state index is 10.0. The molecule has 0 saturated heterocycles. The molecular weight excluding hydrogens is 346 g/mol. The third-order valence-corrected chi connectivity index (χ3v) is 2.07. The Morgan fingerprint density at radius 2 is 1.00 bits per heavy atom. The van der Waals surface area contributed by atoms with Crippen molar-refractivity contribution in [2.24, 2.45) is 22.9 Å². The van der Waals surface area contributed by atoms with Crippen LogP contribution in [0, 0.1) is 0 Å². The first-order valence-electron chi connectivity index (χ1n) is 5.73. The first-order valence-corrected chi connectivity index (χ1v) is 5.73. The van der Waals surface area contributed by atoms with E-state index in [0.29, 0.717) is 38.8 Å². The molecule has 21 heavy (non-hydrogen) atoms. The number of carboxylic acids is 2.